The normalized spacial score (nSPS) is 14.2. The van der Waals surface area contributed by atoms with Gasteiger partial charge in [0.25, 0.3) is 5.56 Å². The number of carbonyl (C=O) groups is 1. The minimum absolute atomic E-state index is 0.223. The summed E-state index contributed by atoms with van der Waals surface area (Å²) >= 11 is 3.43. The van der Waals surface area contributed by atoms with Crippen LogP contribution in [0, 0.1) is 3.57 Å². The molecule has 1 aromatic heterocycles. The number of benzene rings is 3. The molecule has 9 nitrogen and oxygen atoms in total. The van der Waals surface area contributed by atoms with Gasteiger partial charge in [0.1, 0.15) is 6.61 Å². The minimum Gasteiger partial charge on any atom is -0.493 e. The molecule has 0 fully saturated rings. The third-order valence-electron chi connectivity index (χ3n) is 6.79. The van der Waals surface area contributed by atoms with Gasteiger partial charge in [0.05, 0.1) is 43.6 Å². The largest absolute Gasteiger partial charge is 0.493 e. The van der Waals surface area contributed by atoms with Crippen molar-refractivity contribution >= 4 is 46.0 Å². The molecular weight excluding hydrogens is 695 g/mol. The molecule has 0 radical (unpaired) electrons. The Morgan fingerprint density at radius 3 is 2.43 bits per heavy atom. The highest BCUT2D eigenvalue weighted by Gasteiger charge is 2.31. The molecule has 3 aromatic carbocycles. The first-order chi connectivity index (χ1) is 21.4. The third kappa shape index (κ3) is 6.53. The second-order valence-electron chi connectivity index (χ2n) is 9.55. The Kier molecular flexibility index (Phi) is 10.1. The highest BCUT2D eigenvalue weighted by Crippen LogP contribution is 2.36. The van der Waals surface area contributed by atoms with Crippen LogP contribution in [-0.2, 0) is 16.1 Å². The quantitative estimate of drug-likeness (QED) is 0.159. The van der Waals surface area contributed by atoms with E-state index in [4.69, 9.17) is 23.7 Å². The van der Waals surface area contributed by atoms with Gasteiger partial charge < -0.3 is 23.7 Å². The average molecular weight is 727 g/mol. The fourth-order valence-electron chi connectivity index (χ4n) is 4.86. The van der Waals surface area contributed by atoms with Crippen LogP contribution in [-0.4, -0.2) is 38.0 Å². The Labute approximate surface area is 272 Å². The molecule has 228 valence electrons. The number of fused-ring (bicyclic) bond motifs is 1. The third-order valence-corrected chi connectivity index (χ3v) is 8.41. The van der Waals surface area contributed by atoms with Crippen molar-refractivity contribution in [2.24, 2.45) is 4.99 Å². The molecule has 0 bridgehead atoms. The van der Waals surface area contributed by atoms with Gasteiger partial charge in [0, 0.05) is 15.3 Å². The molecule has 0 aliphatic carbocycles. The Balaban J connectivity index is 1.65. The maximum absolute atomic E-state index is 14.1. The van der Waals surface area contributed by atoms with Gasteiger partial charge in [-0.25, -0.2) is 9.79 Å². The van der Waals surface area contributed by atoms with Crippen molar-refractivity contribution in [2.45, 2.75) is 26.5 Å². The van der Waals surface area contributed by atoms with Crippen LogP contribution in [0.15, 0.2) is 82.2 Å². The Morgan fingerprint density at radius 1 is 0.977 bits per heavy atom. The lowest BCUT2D eigenvalue weighted by molar-refractivity contribution is -0.136. The second kappa shape index (κ2) is 14.1. The first-order valence-electron chi connectivity index (χ1n) is 13.9. The van der Waals surface area contributed by atoms with E-state index in [9.17, 15) is 9.59 Å². The highest BCUT2D eigenvalue weighted by atomic mass is 127. The SMILES string of the molecule is CCOc1ccc([C@H]2C(C(=O)OC)=CN=c3s/c(=C/c4cc(I)cc(OC)c4OCc4ccccc4)c(=O)n32)cc1OCC. The first kappa shape index (κ1) is 31.3. The summed E-state index contributed by atoms with van der Waals surface area (Å²) in [6.07, 6.45) is 3.24. The maximum Gasteiger partial charge on any atom is 0.337 e. The van der Waals surface area contributed by atoms with Crippen LogP contribution in [0.25, 0.3) is 6.08 Å². The topological polar surface area (TPSA) is 97.6 Å². The maximum atomic E-state index is 14.1. The molecule has 11 heteroatoms. The van der Waals surface area contributed by atoms with Gasteiger partial charge in [-0.3, -0.25) is 9.36 Å². The van der Waals surface area contributed by atoms with Gasteiger partial charge in [-0.15, -0.1) is 0 Å². The summed E-state index contributed by atoms with van der Waals surface area (Å²) < 4.78 is 31.4. The lowest BCUT2D eigenvalue weighted by Gasteiger charge is -2.23. The van der Waals surface area contributed by atoms with E-state index >= 15 is 0 Å². The van der Waals surface area contributed by atoms with Crippen molar-refractivity contribution in [2.75, 3.05) is 27.4 Å². The van der Waals surface area contributed by atoms with Crippen LogP contribution in [0.1, 0.15) is 36.6 Å². The molecular formula is C33H31IN2O7S. The van der Waals surface area contributed by atoms with Crippen LogP contribution in [0.2, 0.25) is 0 Å². The molecule has 1 atom stereocenters. The number of esters is 1. The summed E-state index contributed by atoms with van der Waals surface area (Å²) in [6.45, 7) is 4.97. The number of aromatic nitrogens is 1. The lowest BCUT2D eigenvalue weighted by Crippen LogP contribution is -2.39. The van der Waals surface area contributed by atoms with Gasteiger partial charge in [-0.05, 0) is 77.9 Å². The summed E-state index contributed by atoms with van der Waals surface area (Å²) in [5, 5.41) is 0. The van der Waals surface area contributed by atoms with E-state index in [0.717, 1.165) is 9.13 Å². The van der Waals surface area contributed by atoms with E-state index in [1.807, 2.05) is 62.4 Å². The molecule has 0 saturated carbocycles. The van der Waals surface area contributed by atoms with Gasteiger partial charge in [0.15, 0.2) is 27.8 Å². The minimum atomic E-state index is -0.796. The zero-order chi connectivity index (χ0) is 31.2. The lowest BCUT2D eigenvalue weighted by atomic mass is 9.97. The summed E-state index contributed by atoms with van der Waals surface area (Å²) in [5.41, 5.74) is 2.24. The smallest absolute Gasteiger partial charge is 0.337 e. The van der Waals surface area contributed by atoms with E-state index in [1.165, 1.54) is 29.2 Å². The summed E-state index contributed by atoms with van der Waals surface area (Å²) in [7, 11) is 2.89. The standard InChI is InChI=1S/C33H31IN2O7S/c1-5-41-25-13-12-21(15-26(25)42-6-2)29-24(32(38)40-4)18-35-33-36(29)31(37)28(44-33)16-22-14-23(34)17-27(39-3)30(22)43-19-20-10-8-7-9-11-20/h7-18,29H,5-6,19H2,1-4H3/b28-16+/t29-/m0/s1. The van der Waals surface area contributed by atoms with Crippen molar-refractivity contribution in [3.05, 3.63) is 112 Å². The zero-order valence-corrected chi connectivity index (χ0v) is 27.6. The number of rotatable bonds is 11. The number of halogens is 1. The van der Waals surface area contributed by atoms with Crippen LogP contribution in [0.5, 0.6) is 23.0 Å². The molecule has 0 spiro atoms. The predicted octanol–water partition coefficient (Wildman–Crippen LogP) is 5.01. The molecule has 4 aromatic rings. The van der Waals surface area contributed by atoms with Crippen LogP contribution >= 0.6 is 33.9 Å². The van der Waals surface area contributed by atoms with Gasteiger partial charge in [-0.1, -0.05) is 47.7 Å². The number of carbonyl (C=O) groups excluding carboxylic acids is 1. The van der Waals surface area contributed by atoms with Crippen LogP contribution in [0.3, 0.4) is 0 Å². The number of hydrogen-bond donors (Lipinski definition) is 0. The zero-order valence-electron chi connectivity index (χ0n) is 24.7. The molecule has 44 heavy (non-hydrogen) atoms. The predicted molar refractivity (Wildman–Crippen MR) is 176 cm³/mol. The molecule has 1 aliphatic rings. The summed E-state index contributed by atoms with van der Waals surface area (Å²) in [4.78, 5) is 32.0. The van der Waals surface area contributed by atoms with Gasteiger partial charge >= 0.3 is 5.97 Å². The molecule has 0 N–H and O–H groups in total. The van der Waals surface area contributed by atoms with E-state index < -0.39 is 12.0 Å². The van der Waals surface area contributed by atoms with Crippen molar-refractivity contribution in [1.82, 2.24) is 4.57 Å². The van der Waals surface area contributed by atoms with Gasteiger partial charge in [0.2, 0.25) is 0 Å². The molecule has 5 rings (SSSR count). The highest BCUT2D eigenvalue weighted by molar-refractivity contribution is 14.1. The molecule has 0 unspecified atom stereocenters. The molecule has 0 saturated heterocycles. The summed E-state index contributed by atoms with van der Waals surface area (Å²) in [5.74, 6) is 1.57. The monoisotopic (exact) mass is 726 g/mol. The van der Waals surface area contributed by atoms with E-state index in [1.54, 1.807) is 25.3 Å². The number of thiazole rings is 1. The second-order valence-corrected chi connectivity index (χ2v) is 11.8. The Morgan fingerprint density at radius 2 is 1.73 bits per heavy atom. The Hall–Kier alpha value is -4.10. The van der Waals surface area contributed by atoms with E-state index in [0.29, 0.717) is 63.3 Å². The number of nitrogens with zero attached hydrogens (tertiary/aromatic N) is 2. The average Bonchev–Trinajstić information content (AvgIpc) is 3.35. The molecule has 0 amide bonds. The van der Waals surface area contributed by atoms with E-state index in [-0.39, 0.29) is 11.1 Å². The summed E-state index contributed by atoms with van der Waals surface area (Å²) in [6, 6.07) is 18.2. The molecule has 1 aliphatic heterocycles. The fourth-order valence-corrected chi connectivity index (χ4v) is 6.44. The van der Waals surface area contributed by atoms with Crippen LogP contribution in [0.4, 0.5) is 0 Å². The number of ether oxygens (including phenoxy) is 5. The van der Waals surface area contributed by atoms with E-state index in [2.05, 4.69) is 27.6 Å². The molecule has 2 heterocycles. The van der Waals surface area contributed by atoms with Crippen molar-refractivity contribution < 1.29 is 28.5 Å². The fraction of sp³-hybridized carbons (Fsp3) is 0.242. The van der Waals surface area contributed by atoms with Crippen molar-refractivity contribution in [1.29, 1.82) is 0 Å². The van der Waals surface area contributed by atoms with Crippen LogP contribution < -0.4 is 33.8 Å². The number of hydrogen-bond acceptors (Lipinski definition) is 9. The van der Waals surface area contributed by atoms with Crippen molar-refractivity contribution in [3.8, 4) is 23.0 Å². The number of methoxy groups -OCH3 is 2. The Bertz CT molecular complexity index is 1880. The first-order valence-corrected chi connectivity index (χ1v) is 15.8. The van der Waals surface area contributed by atoms with Gasteiger partial charge in [-0.2, -0.15) is 0 Å². The van der Waals surface area contributed by atoms with Crippen molar-refractivity contribution in [3.63, 3.8) is 0 Å².